The fourth-order valence-electron chi connectivity index (χ4n) is 3.05. The van der Waals surface area contributed by atoms with E-state index in [9.17, 15) is 18.6 Å². The Morgan fingerprint density at radius 3 is 2.39 bits per heavy atom. The van der Waals surface area contributed by atoms with Crippen molar-refractivity contribution in [3.05, 3.63) is 30.3 Å². The van der Waals surface area contributed by atoms with Gasteiger partial charge in [-0.25, -0.2) is 8.42 Å². The molecule has 0 unspecified atom stereocenters. The fraction of sp³-hybridized carbons (Fsp3) is 0.600. The molecule has 0 bridgehead atoms. The van der Waals surface area contributed by atoms with E-state index in [2.05, 4.69) is 0 Å². The number of sulfone groups is 1. The summed E-state index contributed by atoms with van der Waals surface area (Å²) in [5.41, 5.74) is 0. The summed E-state index contributed by atoms with van der Waals surface area (Å²) in [5.74, 6) is -3.75. The number of fused-ring (bicyclic) bond motifs is 1. The standard InChI is InChI=1S/C15H20O7S/c1-14(2)21-12-11(8-16)20-15(17,13(12)22-14)9-23(18,19)10-6-4-3-5-7-10/h3-7,11-13,16-17H,8-9H2,1-2H3/t11-,12-,13-,15+/m1/s1. The van der Waals surface area contributed by atoms with Gasteiger partial charge in [0.25, 0.3) is 0 Å². The zero-order valence-corrected chi connectivity index (χ0v) is 13.7. The maximum absolute atomic E-state index is 12.5. The maximum Gasteiger partial charge on any atom is 0.210 e. The van der Waals surface area contributed by atoms with Gasteiger partial charge < -0.3 is 24.4 Å². The van der Waals surface area contributed by atoms with Crippen LogP contribution in [0.3, 0.4) is 0 Å². The smallest absolute Gasteiger partial charge is 0.210 e. The lowest BCUT2D eigenvalue weighted by atomic mass is 10.1. The molecule has 0 aliphatic carbocycles. The largest absolute Gasteiger partial charge is 0.394 e. The molecular formula is C15H20O7S. The first-order valence-corrected chi connectivity index (χ1v) is 8.97. The van der Waals surface area contributed by atoms with Crippen molar-refractivity contribution in [2.24, 2.45) is 0 Å². The van der Waals surface area contributed by atoms with Gasteiger partial charge in [-0.2, -0.15) is 0 Å². The highest BCUT2D eigenvalue weighted by atomic mass is 32.2. The Morgan fingerprint density at radius 1 is 1.13 bits per heavy atom. The molecule has 3 rings (SSSR count). The molecule has 8 heteroatoms. The molecule has 23 heavy (non-hydrogen) atoms. The molecule has 7 nitrogen and oxygen atoms in total. The molecule has 0 amide bonds. The van der Waals surface area contributed by atoms with Crippen molar-refractivity contribution in [1.82, 2.24) is 0 Å². The average molecular weight is 344 g/mol. The minimum absolute atomic E-state index is 0.0826. The third-order valence-corrected chi connectivity index (χ3v) is 5.76. The van der Waals surface area contributed by atoms with Crippen LogP contribution in [0.2, 0.25) is 0 Å². The van der Waals surface area contributed by atoms with Crippen molar-refractivity contribution in [2.45, 2.75) is 48.6 Å². The van der Waals surface area contributed by atoms with Crippen LogP contribution in [0.4, 0.5) is 0 Å². The van der Waals surface area contributed by atoms with Crippen LogP contribution in [-0.2, 0) is 24.0 Å². The van der Waals surface area contributed by atoms with Crippen molar-refractivity contribution in [2.75, 3.05) is 12.4 Å². The summed E-state index contributed by atoms with van der Waals surface area (Å²) in [6, 6.07) is 7.80. The molecule has 0 saturated carbocycles. The third kappa shape index (κ3) is 3.02. The minimum Gasteiger partial charge on any atom is -0.394 e. The second-order valence-electron chi connectivity index (χ2n) is 6.28. The van der Waals surface area contributed by atoms with E-state index in [1.165, 1.54) is 12.1 Å². The van der Waals surface area contributed by atoms with E-state index >= 15 is 0 Å². The lowest BCUT2D eigenvalue weighted by Crippen LogP contribution is -2.48. The van der Waals surface area contributed by atoms with Crippen molar-refractivity contribution in [3.63, 3.8) is 0 Å². The number of ether oxygens (including phenoxy) is 3. The van der Waals surface area contributed by atoms with Gasteiger partial charge in [-0.15, -0.1) is 0 Å². The Hall–Kier alpha value is -1.03. The van der Waals surface area contributed by atoms with Gasteiger partial charge in [0.05, 0.1) is 11.5 Å². The lowest BCUT2D eigenvalue weighted by molar-refractivity contribution is -0.266. The highest BCUT2D eigenvalue weighted by Crippen LogP contribution is 2.43. The van der Waals surface area contributed by atoms with Crippen molar-refractivity contribution in [1.29, 1.82) is 0 Å². The van der Waals surface area contributed by atoms with E-state index in [-0.39, 0.29) is 4.90 Å². The Balaban J connectivity index is 1.90. The second-order valence-corrected chi connectivity index (χ2v) is 8.27. The number of aliphatic hydroxyl groups excluding tert-OH is 1. The summed E-state index contributed by atoms with van der Waals surface area (Å²) in [4.78, 5) is 0.0826. The normalized spacial score (nSPS) is 36.1. The first-order valence-electron chi connectivity index (χ1n) is 7.31. The zero-order chi connectivity index (χ0) is 16.9. The molecule has 0 radical (unpaired) electrons. The number of rotatable bonds is 4. The molecule has 1 aromatic rings. The van der Waals surface area contributed by atoms with E-state index in [1.807, 2.05) is 0 Å². The Bertz CT molecular complexity index is 672. The summed E-state index contributed by atoms with van der Waals surface area (Å²) >= 11 is 0. The molecule has 0 spiro atoms. The Kier molecular flexibility index (Phi) is 4.03. The van der Waals surface area contributed by atoms with Gasteiger partial charge in [-0.05, 0) is 26.0 Å². The molecule has 2 aliphatic rings. The van der Waals surface area contributed by atoms with E-state index in [0.717, 1.165) is 0 Å². The first kappa shape index (κ1) is 16.8. The van der Waals surface area contributed by atoms with Crippen LogP contribution in [0, 0.1) is 0 Å². The summed E-state index contributed by atoms with van der Waals surface area (Å²) in [5, 5.41) is 20.2. The Labute approximate surface area is 134 Å². The van der Waals surface area contributed by atoms with E-state index in [1.54, 1.807) is 32.0 Å². The SMILES string of the molecule is CC1(C)O[C@H]2[C@@H](O1)[C@](O)(CS(=O)(=O)c1ccccc1)O[C@@H]2CO. The maximum atomic E-state index is 12.5. The van der Waals surface area contributed by atoms with Crippen LogP contribution in [0.15, 0.2) is 35.2 Å². The van der Waals surface area contributed by atoms with Gasteiger partial charge in [0.1, 0.15) is 24.1 Å². The predicted octanol–water partition coefficient (Wildman–Crippen LogP) is 0.0601. The molecule has 128 valence electrons. The van der Waals surface area contributed by atoms with Gasteiger partial charge in [0.15, 0.2) is 15.6 Å². The molecule has 0 aromatic heterocycles. The highest BCUT2D eigenvalue weighted by molar-refractivity contribution is 7.91. The van der Waals surface area contributed by atoms with Crippen LogP contribution in [0.5, 0.6) is 0 Å². The summed E-state index contributed by atoms with van der Waals surface area (Å²) < 4.78 is 41.7. The molecule has 2 saturated heterocycles. The second kappa shape index (κ2) is 5.51. The van der Waals surface area contributed by atoms with Crippen molar-refractivity contribution < 1.29 is 32.8 Å². The van der Waals surface area contributed by atoms with Gasteiger partial charge in [-0.1, -0.05) is 18.2 Å². The topological polar surface area (TPSA) is 102 Å². The number of benzene rings is 1. The third-order valence-electron chi connectivity index (χ3n) is 3.97. The molecule has 4 atom stereocenters. The molecule has 2 N–H and O–H groups in total. The van der Waals surface area contributed by atoms with E-state index < -0.39 is 52.1 Å². The molecular weight excluding hydrogens is 324 g/mol. The number of hydrogen-bond donors (Lipinski definition) is 2. The first-order chi connectivity index (χ1) is 10.7. The van der Waals surface area contributed by atoms with Crippen LogP contribution >= 0.6 is 0 Å². The molecule has 1 aromatic carbocycles. The van der Waals surface area contributed by atoms with Crippen LogP contribution in [0.1, 0.15) is 13.8 Å². The van der Waals surface area contributed by atoms with Gasteiger partial charge in [0.2, 0.25) is 5.79 Å². The average Bonchev–Trinajstić information content (AvgIpc) is 2.92. The van der Waals surface area contributed by atoms with E-state index in [4.69, 9.17) is 14.2 Å². The minimum atomic E-state index is -3.80. The number of aliphatic hydroxyl groups is 2. The van der Waals surface area contributed by atoms with Crippen LogP contribution < -0.4 is 0 Å². The summed E-state index contributed by atoms with van der Waals surface area (Å²) in [6.45, 7) is 2.91. The fourth-order valence-corrected chi connectivity index (χ4v) is 4.56. The molecule has 2 heterocycles. The summed E-state index contributed by atoms with van der Waals surface area (Å²) in [7, 11) is -3.80. The highest BCUT2D eigenvalue weighted by Gasteiger charge is 2.63. The quantitative estimate of drug-likeness (QED) is 0.796. The summed E-state index contributed by atoms with van der Waals surface area (Å²) in [6.07, 6.45) is -2.57. The van der Waals surface area contributed by atoms with Crippen LogP contribution in [0.25, 0.3) is 0 Å². The van der Waals surface area contributed by atoms with Crippen LogP contribution in [-0.4, -0.2) is 60.9 Å². The zero-order valence-electron chi connectivity index (χ0n) is 12.9. The van der Waals surface area contributed by atoms with Gasteiger partial charge in [-0.3, -0.25) is 0 Å². The molecule has 2 aliphatic heterocycles. The van der Waals surface area contributed by atoms with Crippen molar-refractivity contribution in [3.8, 4) is 0 Å². The van der Waals surface area contributed by atoms with Crippen molar-refractivity contribution >= 4 is 9.84 Å². The Morgan fingerprint density at radius 2 is 1.78 bits per heavy atom. The lowest BCUT2D eigenvalue weighted by Gasteiger charge is -2.29. The number of hydrogen-bond acceptors (Lipinski definition) is 7. The molecule has 2 fully saturated rings. The monoisotopic (exact) mass is 344 g/mol. The van der Waals surface area contributed by atoms with Gasteiger partial charge >= 0.3 is 0 Å². The van der Waals surface area contributed by atoms with Gasteiger partial charge in [0, 0.05) is 0 Å². The van der Waals surface area contributed by atoms with E-state index in [0.29, 0.717) is 0 Å². The predicted molar refractivity (Wildman–Crippen MR) is 79.2 cm³/mol.